The van der Waals surface area contributed by atoms with Crippen LogP contribution in [0, 0.1) is 5.92 Å². The van der Waals surface area contributed by atoms with E-state index in [9.17, 15) is 18.0 Å². The van der Waals surface area contributed by atoms with Gasteiger partial charge in [0.2, 0.25) is 0 Å². The van der Waals surface area contributed by atoms with E-state index in [0.717, 1.165) is 40.1 Å². The van der Waals surface area contributed by atoms with Gasteiger partial charge >= 0.3 is 12.2 Å². The maximum atomic E-state index is 13.8. The average Bonchev–Trinajstić information content (AvgIpc) is 3.48. The lowest BCUT2D eigenvalue weighted by Gasteiger charge is -2.30. The highest BCUT2D eigenvalue weighted by Crippen LogP contribution is 2.53. The molecule has 6 rings (SSSR count). The largest absolute Gasteiger partial charge is 0.416 e. The number of halogens is 3. The third-order valence-electron chi connectivity index (χ3n) is 7.84. The highest BCUT2D eigenvalue weighted by Gasteiger charge is 2.51. The molecular formula is C33H28F3N3O. The predicted octanol–water partition coefficient (Wildman–Crippen LogP) is 8.58. The first-order valence-corrected chi connectivity index (χ1v) is 13.3. The summed E-state index contributed by atoms with van der Waals surface area (Å²) in [5, 5.41) is 9.21. The second kappa shape index (κ2) is 9.97. The van der Waals surface area contributed by atoms with Gasteiger partial charge in [-0.3, -0.25) is 0 Å². The molecule has 7 heteroatoms. The van der Waals surface area contributed by atoms with Crippen LogP contribution in [0.4, 0.5) is 23.7 Å². The molecule has 2 amide bonds. The van der Waals surface area contributed by atoms with Crippen LogP contribution in [-0.2, 0) is 6.18 Å². The Hall–Kier alpha value is -4.39. The van der Waals surface area contributed by atoms with E-state index in [0.29, 0.717) is 17.2 Å². The van der Waals surface area contributed by atoms with E-state index in [2.05, 4.69) is 25.2 Å². The van der Waals surface area contributed by atoms with Crippen molar-refractivity contribution < 1.29 is 18.0 Å². The van der Waals surface area contributed by atoms with Crippen LogP contribution in [0.15, 0.2) is 108 Å². The molecule has 0 aromatic heterocycles. The molecule has 202 valence electrons. The smallest absolute Gasteiger partial charge is 0.306 e. The maximum absolute atomic E-state index is 13.8. The van der Waals surface area contributed by atoms with Crippen molar-refractivity contribution in [2.24, 2.45) is 11.0 Å². The molecule has 2 aliphatic rings. The Morgan fingerprint density at radius 2 is 1.48 bits per heavy atom. The molecule has 0 unspecified atom stereocenters. The molecule has 1 heterocycles. The normalized spacial score (nSPS) is 19.8. The molecule has 0 radical (unpaired) electrons. The van der Waals surface area contributed by atoms with Gasteiger partial charge in [0.05, 0.1) is 17.3 Å². The summed E-state index contributed by atoms with van der Waals surface area (Å²) in [6, 6.07) is 29.7. The Morgan fingerprint density at radius 3 is 2.12 bits per heavy atom. The Bertz CT molecular complexity index is 1560. The first-order valence-electron chi connectivity index (χ1n) is 13.3. The Labute approximate surface area is 231 Å². The lowest BCUT2D eigenvalue weighted by molar-refractivity contribution is -0.137. The van der Waals surface area contributed by atoms with E-state index in [1.165, 1.54) is 17.1 Å². The molecule has 0 saturated carbocycles. The van der Waals surface area contributed by atoms with E-state index in [4.69, 9.17) is 5.10 Å². The van der Waals surface area contributed by atoms with Crippen molar-refractivity contribution >= 4 is 17.4 Å². The lowest BCUT2D eigenvalue weighted by Crippen LogP contribution is -2.35. The summed E-state index contributed by atoms with van der Waals surface area (Å²) < 4.78 is 40.2. The van der Waals surface area contributed by atoms with Gasteiger partial charge in [-0.25, -0.2) is 9.80 Å². The van der Waals surface area contributed by atoms with Crippen LogP contribution in [0.25, 0.3) is 0 Å². The summed E-state index contributed by atoms with van der Waals surface area (Å²) in [6.07, 6.45) is -4.45. The van der Waals surface area contributed by atoms with Crippen LogP contribution >= 0.6 is 0 Å². The van der Waals surface area contributed by atoms with Crippen molar-refractivity contribution in [3.05, 3.63) is 137 Å². The maximum Gasteiger partial charge on any atom is 0.416 e. The van der Waals surface area contributed by atoms with Crippen molar-refractivity contribution in [1.29, 1.82) is 0 Å². The molecule has 0 saturated heterocycles. The first kappa shape index (κ1) is 25.9. The number of carbonyl (C=O) groups is 1. The number of benzene rings is 4. The molecule has 1 aliphatic heterocycles. The van der Waals surface area contributed by atoms with Gasteiger partial charge in [0.25, 0.3) is 0 Å². The van der Waals surface area contributed by atoms with Crippen LogP contribution in [0.2, 0.25) is 0 Å². The topological polar surface area (TPSA) is 44.7 Å². The zero-order valence-corrected chi connectivity index (χ0v) is 22.1. The summed E-state index contributed by atoms with van der Waals surface area (Å²) >= 11 is 0. The van der Waals surface area contributed by atoms with E-state index < -0.39 is 23.8 Å². The van der Waals surface area contributed by atoms with Crippen LogP contribution in [0.5, 0.6) is 0 Å². The predicted molar refractivity (Wildman–Crippen MR) is 150 cm³/mol. The van der Waals surface area contributed by atoms with E-state index in [1.54, 1.807) is 0 Å². The van der Waals surface area contributed by atoms with Gasteiger partial charge in [0, 0.05) is 23.1 Å². The number of hydrazone groups is 1. The van der Waals surface area contributed by atoms with Crippen LogP contribution in [-0.4, -0.2) is 16.8 Å². The van der Waals surface area contributed by atoms with Crippen molar-refractivity contribution in [2.45, 2.75) is 37.9 Å². The molecule has 3 atom stereocenters. The molecule has 4 aromatic rings. The summed E-state index contributed by atoms with van der Waals surface area (Å²) in [4.78, 5) is 13.8. The monoisotopic (exact) mass is 539 g/mol. The molecule has 40 heavy (non-hydrogen) atoms. The van der Waals surface area contributed by atoms with E-state index >= 15 is 0 Å². The van der Waals surface area contributed by atoms with Gasteiger partial charge in [-0.05, 0) is 52.4 Å². The number of fused-ring (bicyclic) bond motifs is 3. The van der Waals surface area contributed by atoms with Crippen molar-refractivity contribution in [3.8, 4) is 0 Å². The fourth-order valence-corrected chi connectivity index (χ4v) is 5.88. The number of nitrogens with one attached hydrogen (secondary N) is 1. The molecule has 1 aliphatic carbocycles. The van der Waals surface area contributed by atoms with E-state index in [1.807, 2.05) is 72.8 Å². The van der Waals surface area contributed by atoms with Gasteiger partial charge in [0.1, 0.15) is 0 Å². The highest BCUT2D eigenvalue weighted by molar-refractivity contribution is 6.10. The molecule has 4 aromatic carbocycles. The Kier molecular flexibility index (Phi) is 6.45. The summed E-state index contributed by atoms with van der Waals surface area (Å²) in [6.45, 7) is 4.20. The number of rotatable bonds is 4. The van der Waals surface area contributed by atoms with Gasteiger partial charge < -0.3 is 5.32 Å². The summed E-state index contributed by atoms with van der Waals surface area (Å²) in [7, 11) is 0. The SMILES string of the molecule is CC(C)c1ccc(NC(=O)N2N=C3c4ccccc4[C@H](c4ccccc4)[C@@H]3[C@@H]2c2ccc(C(F)(F)F)cc2)cc1. The van der Waals surface area contributed by atoms with Gasteiger partial charge in [0.15, 0.2) is 0 Å². The molecule has 0 bridgehead atoms. The Balaban J connectivity index is 1.44. The molecule has 4 nitrogen and oxygen atoms in total. The lowest BCUT2D eigenvalue weighted by atomic mass is 9.79. The molecule has 1 N–H and O–H groups in total. The zero-order chi connectivity index (χ0) is 28.0. The van der Waals surface area contributed by atoms with E-state index in [-0.39, 0.29) is 11.8 Å². The van der Waals surface area contributed by atoms with Crippen molar-refractivity contribution in [1.82, 2.24) is 5.01 Å². The number of hydrogen-bond acceptors (Lipinski definition) is 2. The van der Waals surface area contributed by atoms with Crippen molar-refractivity contribution in [2.75, 3.05) is 5.32 Å². The highest BCUT2D eigenvalue weighted by atomic mass is 19.4. The summed E-state index contributed by atoms with van der Waals surface area (Å²) in [5.41, 5.74) is 5.51. The van der Waals surface area contributed by atoms with Crippen LogP contribution in [0.3, 0.4) is 0 Å². The van der Waals surface area contributed by atoms with Gasteiger partial charge in [-0.1, -0.05) is 92.7 Å². The minimum Gasteiger partial charge on any atom is -0.306 e. The number of nitrogens with zero attached hydrogens (tertiary/aromatic N) is 2. The fraction of sp³-hybridized carbons (Fsp3) is 0.212. The number of urea groups is 1. The zero-order valence-electron chi connectivity index (χ0n) is 22.1. The number of anilines is 1. The molecule has 0 fully saturated rings. The minimum absolute atomic E-state index is 0.119. The number of alkyl halides is 3. The van der Waals surface area contributed by atoms with Gasteiger partial charge in [-0.2, -0.15) is 18.3 Å². The molecule has 0 spiro atoms. The molecular weight excluding hydrogens is 511 g/mol. The second-order valence-corrected chi connectivity index (χ2v) is 10.6. The third-order valence-corrected chi connectivity index (χ3v) is 7.84. The quantitative estimate of drug-likeness (QED) is 0.277. The minimum atomic E-state index is -4.45. The van der Waals surface area contributed by atoms with Crippen LogP contribution in [0.1, 0.15) is 65.1 Å². The Morgan fingerprint density at radius 1 is 0.825 bits per heavy atom. The number of carbonyl (C=O) groups excluding carboxylic acids is 1. The third kappa shape index (κ3) is 4.55. The number of hydrogen-bond donors (Lipinski definition) is 1. The van der Waals surface area contributed by atoms with Gasteiger partial charge in [-0.15, -0.1) is 0 Å². The standard InChI is InChI=1S/C33H28F3N3O/c1-20(2)21-14-18-25(19-15-21)37-32(40)39-31(23-12-16-24(17-13-23)33(34,35)36)29-28(22-8-4-3-5-9-22)26-10-6-7-11-27(26)30(29)38-39/h3-20,28-29,31H,1-2H3,(H,37,40)/t28-,29-,31-/m0/s1. The first-order chi connectivity index (χ1) is 19.2. The summed E-state index contributed by atoms with van der Waals surface area (Å²) in [5.74, 6) is -0.0367. The van der Waals surface area contributed by atoms with Crippen molar-refractivity contribution in [3.63, 3.8) is 0 Å². The number of amides is 2. The van der Waals surface area contributed by atoms with Crippen LogP contribution < -0.4 is 5.32 Å². The fourth-order valence-electron chi connectivity index (χ4n) is 5.88. The average molecular weight is 540 g/mol. The second-order valence-electron chi connectivity index (χ2n) is 10.6.